The molecule has 1 unspecified atom stereocenters. The van der Waals surface area contributed by atoms with Crippen LogP contribution in [-0.2, 0) is 14.3 Å². The zero-order chi connectivity index (χ0) is 11.2. The predicted octanol–water partition coefficient (Wildman–Crippen LogP) is 0.953. The SMILES string of the molecule is CCOCC(C)(NC(C)C)C(=O)OC. The molecule has 0 aromatic carbocycles. The Hall–Kier alpha value is -0.610. The molecule has 0 aliphatic heterocycles. The van der Waals surface area contributed by atoms with Crippen molar-refractivity contribution in [2.45, 2.75) is 39.3 Å². The maximum absolute atomic E-state index is 11.5. The van der Waals surface area contributed by atoms with Crippen LogP contribution in [0.1, 0.15) is 27.7 Å². The Bertz CT molecular complexity index is 182. The van der Waals surface area contributed by atoms with Crippen molar-refractivity contribution in [3.05, 3.63) is 0 Å². The largest absolute Gasteiger partial charge is 0.468 e. The van der Waals surface area contributed by atoms with Crippen molar-refractivity contribution in [2.24, 2.45) is 0 Å². The number of carbonyl (C=O) groups excluding carboxylic acids is 1. The summed E-state index contributed by atoms with van der Waals surface area (Å²) < 4.78 is 9.99. The number of hydrogen-bond acceptors (Lipinski definition) is 4. The Morgan fingerprint density at radius 2 is 2.07 bits per heavy atom. The molecule has 0 spiro atoms. The lowest BCUT2D eigenvalue weighted by Gasteiger charge is -2.29. The maximum atomic E-state index is 11.5. The molecule has 0 radical (unpaired) electrons. The van der Waals surface area contributed by atoms with Gasteiger partial charge in [-0.3, -0.25) is 5.32 Å². The zero-order valence-corrected chi connectivity index (χ0v) is 9.72. The Morgan fingerprint density at radius 3 is 2.43 bits per heavy atom. The summed E-state index contributed by atoms with van der Waals surface area (Å²) in [6.07, 6.45) is 0. The van der Waals surface area contributed by atoms with Crippen molar-refractivity contribution in [1.29, 1.82) is 0 Å². The van der Waals surface area contributed by atoms with Gasteiger partial charge in [-0.05, 0) is 27.7 Å². The number of esters is 1. The van der Waals surface area contributed by atoms with Crippen LogP contribution >= 0.6 is 0 Å². The number of rotatable bonds is 6. The number of ether oxygens (including phenoxy) is 2. The van der Waals surface area contributed by atoms with Gasteiger partial charge in [0.25, 0.3) is 0 Å². The first-order valence-corrected chi connectivity index (χ1v) is 4.90. The molecule has 0 rings (SSSR count). The Morgan fingerprint density at radius 1 is 1.50 bits per heavy atom. The highest BCUT2D eigenvalue weighted by molar-refractivity contribution is 5.80. The van der Waals surface area contributed by atoms with E-state index in [9.17, 15) is 4.79 Å². The number of nitrogens with one attached hydrogen (secondary N) is 1. The Labute approximate surface area is 86.0 Å². The predicted molar refractivity (Wildman–Crippen MR) is 55.2 cm³/mol. The molecule has 0 aliphatic carbocycles. The molecule has 1 atom stereocenters. The molecule has 0 amide bonds. The minimum atomic E-state index is -0.751. The first-order chi connectivity index (χ1) is 6.46. The number of hydrogen-bond donors (Lipinski definition) is 1. The van der Waals surface area contributed by atoms with E-state index in [2.05, 4.69) is 5.32 Å². The van der Waals surface area contributed by atoms with E-state index in [0.29, 0.717) is 13.2 Å². The summed E-state index contributed by atoms with van der Waals surface area (Å²) in [5.74, 6) is -0.292. The minimum Gasteiger partial charge on any atom is -0.468 e. The average Bonchev–Trinajstić information content (AvgIpc) is 2.12. The van der Waals surface area contributed by atoms with Crippen molar-refractivity contribution in [3.63, 3.8) is 0 Å². The summed E-state index contributed by atoms with van der Waals surface area (Å²) >= 11 is 0. The molecule has 0 bridgehead atoms. The second-order valence-corrected chi connectivity index (χ2v) is 3.76. The summed E-state index contributed by atoms with van der Waals surface area (Å²) in [6, 6.07) is 0.208. The standard InChI is InChI=1S/C10H21NO3/c1-6-14-7-10(4,9(12)13-5)11-8(2)3/h8,11H,6-7H2,1-5H3. The van der Waals surface area contributed by atoms with Gasteiger partial charge in [-0.2, -0.15) is 0 Å². The topological polar surface area (TPSA) is 47.6 Å². The molecule has 4 nitrogen and oxygen atoms in total. The highest BCUT2D eigenvalue weighted by atomic mass is 16.5. The molecule has 14 heavy (non-hydrogen) atoms. The van der Waals surface area contributed by atoms with Crippen LogP contribution in [0.5, 0.6) is 0 Å². The molecule has 0 aromatic heterocycles. The van der Waals surface area contributed by atoms with Gasteiger partial charge in [0.1, 0.15) is 5.54 Å². The molecule has 0 fully saturated rings. The van der Waals surface area contributed by atoms with Crippen LogP contribution in [-0.4, -0.2) is 37.9 Å². The quantitative estimate of drug-likeness (QED) is 0.653. The molecule has 0 saturated heterocycles. The third kappa shape index (κ3) is 4.07. The van der Waals surface area contributed by atoms with Crippen molar-refractivity contribution < 1.29 is 14.3 Å². The van der Waals surface area contributed by atoms with Crippen LogP contribution in [0.25, 0.3) is 0 Å². The number of methoxy groups -OCH3 is 1. The van der Waals surface area contributed by atoms with E-state index < -0.39 is 5.54 Å². The van der Waals surface area contributed by atoms with E-state index in [0.717, 1.165) is 0 Å². The smallest absolute Gasteiger partial charge is 0.328 e. The summed E-state index contributed by atoms with van der Waals surface area (Å²) in [6.45, 7) is 8.56. The van der Waals surface area contributed by atoms with Crippen LogP contribution in [0.4, 0.5) is 0 Å². The fourth-order valence-electron chi connectivity index (χ4n) is 1.33. The van der Waals surface area contributed by atoms with E-state index in [-0.39, 0.29) is 12.0 Å². The third-order valence-electron chi connectivity index (χ3n) is 1.84. The molecular formula is C10H21NO3. The summed E-state index contributed by atoms with van der Waals surface area (Å²) in [5.41, 5.74) is -0.751. The van der Waals surface area contributed by atoms with Gasteiger partial charge >= 0.3 is 5.97 Å². The van der Waals surface area contributed by atoms with Crippen molar-refractivity contribution >= 4 is 5.97 Å². The lowest BCUT2D eigenvalue weighted by atomic mass is 10.0. The zero-order valence-electron chi connectivity index (χ0n) is 9.72. The maximum Gasteiger partial charge on any atom is 0.328 e. The Kier molecular flexibility index (Phi) is 5.72. The molecule has 0 aromatic rings. The molecule has 0 aliphatic rings. The van der Waals surface area contributed by atoms with Gasteiger partial charge in [0.2, 0.25) is 0 Å². The van der Waals surface area contributed by atoms with Gasteiger partial charge in [-0.1, -0.05) is 0 Å². The second-order valence-electron chi connectivity index (χ2n) is 3.76. The molecule has 4 heteroatoms. The van der Waals surface area contributed by atoms with E-state index in [1.54, 1.807) is 6.92 Å². The fraction of sp³-hybridized carbons (Fsp3) is 0.900. The van der Waals surface area contributed by atoms with Crippen LogP contribution < -0.4 is 5.32 Å². The van der Waals surface area contributed by atoms with Crippen molar-refractivity contribution in [2.75, 3.05) is 20.3 Å². The Balaban J connectivity index is 4.40. The van der Waals surface area contributed by atoms with Crippen molar-refractivity contribution in [1.82, 2.24) is 5.32 Å². The highest BCUT2D eigenvalue weighted by Crippen LogP contribution is 2.08. The third-order valence-corrected chi connectivity index (χ3v) is 1.84. The highest BCUT2D eigenvalue weighted by Gasteiger charge is 2.34. The van der Waals surface area contributed by atoms with E-state index in [4.69, 9.17) is 9.47 Å². The first-order valence-electron chi connectivity index (χ1n) is 4.90. The molecule has 1 N–H and O–H groups in total. The van der Waals surface area contributed by atoms with Crippen LogP contribution in [0.15, 0.2) is 0 Å². The molecule has 0 heterocycles. The fourth-order valence-corrected chi connectivity index (χ4v) is 1.33. The number of carbonyl (C=O) groups is 1. The lowest BCUT2D eigenvalue weighted by Crippen LogP contribution is -2.56. The van der Waals surface area contributed by atoms with Gasteiger partial charge in [-0.25, -0.2) is 4.79 Å². The molecule has 84 valence electrons. The van der Waals surface area contributed by atoms with Gasteiger partial charge < -0.3 is 9.47 Å². The second kappa shape index (κ2) is 5.98. The summed E-state index contributed by atoms with van der Waals surface area (Å²) in [7, 11) is 1.38. The van der Waals surface area contributed by atoms with E-state index >= 15 is 0 Å². The van der Waals surface area contributed by atoms with Crippen LogP contribution in [0.2, 0.25) is 0 Å². The van der Waals surface area contributed by atoms with Crippen LogP contribution in [0.3, 0.4) is 0 Å². The monoisotopic (exact) mass is 203 g/mol. The normalized spacial score (nSPS) is 15.3. The summed E-state index contributed by atoms with van der Waals surface area (Å²) in [4.78, 5) is 11.5. The molecular weight excluding hydrogens is 182 g/mol. The summed E-state index contributed by atoms with van der Waals surface area (Å²) in [5, 5.41) is 3.14. The minimum absolute atomic E-state index is 0.208. The molecule has 0 saturated carbocycles. The lowest BCUT2D eigenvalue weighted by molar-refractivity contribution is -0.151. The average molecular weight is 203 g/mol. The van der Waals surface area contributed by atoms with Gasteiger partial charge in [-0.15, -0.1) is 0 Å². The van der Waals surface area contributed by atoms with Gasteiger partial charge in [0.05, 0.1) is 13.7 Å². The first kappa shape index (κ1) is 13.4. The van der Waals surface area contributed by atoms with Crippen LogP contribution in [0, 0.1) is 0 Å². The van der Waals surface area contributed by atoms with E-state index in [1.807, 2.05) is 20.8 Å². The van der Waals surface area contributed by atoms with Crippen molar-refractivity contribution in [3.8, 4) is 0 Å². The van der Waals surface area contributed by atoms with Gasteiger partial charge in [0, 0.05) is 12.6 Å². The van der Waals surface area contributed by atoms with E-state index in [1.165, 1.54) is 7.11 Å². The van der Waals surface area contributed by atoms with Gasteiger partial charge in [0.15, 0.2) is 0 Å².